The van der Waals surface area contributed by atoms with Crippen molar-refractivity contribution in [2.75, 3.05) is 7.05 Å². The summed E-state index contributed by atoms with van der Waals surface area (Å²) in [6.45, 7) is 2.61. The third-order valence-corrected chi connectivity index (χ3v) is 4.46. The molecule has 19 heavy (non-hydrogen) atoms. The Morgan fingerprint density at radius 1 is 1.53 bits per heavy atom. The molecule has 0 bridgehead atoms. The van der Waals surface area contributed by atoms with E-state index in [1.54, 1.807) is 22.4 Å². The molecule has 0 spiro atoms. The van der Waals surface area contributed by atoms with Gasteiger partial charge in [-0.05, 0) is 51.5 Å². The average Bonchev–Trinajstić information content (AvgIpc) is 2.77. The Morgan fingerprint density at radius 3 is 2.95 bits per heavy atom. The van der Waals surface area contributed by atoms with Gasteiger partial charge in [0, 0.05) is 19.8 Å². The summed E-state index contributed by atoms with van der Waals surface area (Å²) in [5, 5.41) is 2.06. The Balaban J connectivity index is 1.98. The summed E-state index contributed by atoms with van der Waals surface area (Å²) >= 11 is 5.06. The van der Waals surface area contributed by atoms with Crippen LogP contribution in [-0.2, 0) is 17.8 Å². The fraction of sp³-hybridized carbons (Fsp3) is 0.286. The third kappa shape index (κ3) is 3.88. The number of likely N-dealkylation sites (N-methyl/N-ethyl adjacent to an activating group) is 1. The first-order valence-electron chi connectivity index (χ1n) is 5.93. The molecule has 2 rings (SSSR count). The quantitative estimate of drug-likeness (QED) is 0.855. The second kappa shape index (κ2) is 6.30. The molecule has 0 unspecified atom stereocenters. The van der Waals surface area contributed by atoms with Crippen LogP contribution in [0.1, 0.15) is 16.8 Å². The zero-order chi connectivity index (χ0) is 13.8. The molecular weight excluding hydrogens is 324 g/mol. The highest BCUT2D eigenvalue weighted by molar-refractivity contribution is 9.11. The van der Waals surface area contributed by atoms with Gasteiger partial charge < -0.3 is 4.90 Å². The minimum Gasteiger partial charge on any atom is -0.341 e. The van der Waals surface area contributed by atoms with Gasteiger partial charge in [-0.15, -0.1) is 11.3 Å². The van der Waals surface area contributed by atoms with E-state index in [4.69, 9.17) is 0 Å². The molecule has 3 nitrogen and oxygen atoms in total. The summed E-state index contributed by atoms with van der Waals surface area (Å²) in [5.41, 5.74) is 3.05. The average molecular weight is 339 g/mol. The van der Waals surface area contributed by atoms with Crippen molar-refractivity contribution in [1.29, 1.82) is 0 Å². The number of rotatable bonds is 4. The van der Waals surface area contributed by atoms with E-state index >= 15 is 0 Å². The lowest BCUT2D eigenvalue weighted by molar-refractivity contribution is -0.129. The molecule has 0 aliphatic heterocycles. The highest BCUT2D eigenvalue weighted by Gasteiger charge is 2.12. The van der Waals surface area contributed by atoms with Gasteiger partial charge >= 0.3 is 0 Å². The molecule has 0 aliphatic rings. The maximum absolute atomic E-state index is 12.2. The van der Waals surface area contributed by atoms with E-state index < -0.39 is 0 Å². The van der Waals surface area contributed by atoms with E-state index in [1.807, 2.05) is 32.2 Å². The number of hydrogen-bond acceptors (Lipinski definition) is 3. The zero-order valence-corrected chi connectivity index (χ0v) is 13.3. The standard InChI is InChI=1S/C14H15BrN2OS/c1-10-4-3-5-16-12(10)7-14(18)17(2)8-11-6-13(15)19-9-11/h3-6,9H,7-8H2,1-2H3. The zero-order valence-electron chi connectivity index (χ0n) is 10.9. The van der Waals surface area contributed by atoms with Gasteiger partial charge in [-0.2, -0.15) is 0 Å². The number of carbonyl (C=O) groups excluding carboxylic acids is 1. The lowest BCUT2D eigenvalue weighted by Gasteiger charge is -2.16. The van der Waals surface area contributed by atoms with Crippen LogP contribution < -0.4 is 0 Å². The molecule has 2 heterocycles. The molecule has 0 saturated carbocycles. The van der Waals surface area contributed by atoms with Crippen molar-refractivity contribution in [3.8, 4) is 0 Å². The first-order chi connectivity index (χ1) is 9.06. The van der Waals surface area contributed by atoms with Crippen molar-refractivity contribution >= 4 is 33.2 Å². The van der Waals surface area contributed by atoms with Crippen LogP contribution in [0.2, 0.25) is 0 Å². The van der Waals surface area contributed by atoms with E-state index in [0.717, 1.165) is 20.6 Å². The van der Waals surface area contributed by atoms with Crippen molar-refractivity contribution in [2.45, 2.75) is 19.9 Å². The number of amides is 1. The van der Waals surface area contributed by atoms with Crippen LogP contribution in [0.15, 0.2) is 33.6 Å². The summed E-state index contributed by atoms with van der Waals surface area (Å²) in [5.74, 6) is 0.0872. The van der Waals surface area contributed by atoms with E-state index in [2.05, 4.69) is 26.3 Å². The molecular formula is C14H15BrN2OS. The molecule has 0 fully saturated rings. The van der Waals surface area contributed by atoms with Gasteiger partial charge in [-0.25, -0.2) is 0 Å². The van der Waals surface area contributed by atoms with Gasteiger partial charge in [-0.1, -0.05) is 6.07 Å². The first-order valence-corrected chi connectivity index (χ1v) is 7.61. The van der Waals surface area contributed by atoms with Gasteiger partial charge in [0.15, 0.2) is 0 Å². The molecule has 0 atom stereocenters. The van der Waals surface area contributed by atoms with Crippen LogP contribution in [-0.4, -0.2) is 22.8 Å². The molecule has 100 valence electrons. The van der Waals surface area contributed by atoms with Crippen LogP contribution in [0, 0.1) is 6.92 Å². The number of pyridine rings is 1. The smallest absolute Gasteiger partial charge is 0.228 e. The summed E-state index contributed by atoms with van der Waals surface area (Å²) in [4.78, 5) is 18.2. The van der Waals surface area contributed by atoms with Crippen molar-refractivity contribution in [3.63, 3.8) is 0 Å². The van der Waals surface area contributed by atoms with E-state index in [1.165, 1.54) is 0 Å². The third-order valence-electron chi connectivity index (χ3n) is 2.90. The fourth-order valence-electron chi connectivity index (χ4n) is 1.77. The van der Waals surface area contributed by atoms with Crippen LogP contribution in [0.25, 0.3) is 0 Å². The van der Waals surface area contributed by atoms with Gasteiger partial charge in [0.05, 0.1) is 15.9 Å². The minimum atomic E-state index is 0.0872. The number of carbonyl (C=O) groups is 1. The van der Waals surface area contributed by atoms with Gasteiger partial charge in [0.2, 0.25) is 5.91 Å². The summed E-state index contributed by atoms with van der Waals surface area (Å²) in [6, 6.07) is 5.90. The molecule has 2 aromatic heterocycles. The SMILES string of the molecule is Cc1cccnc1CC(=O)N(C)Cc1csc(Br)c1. The van der Waals surface area contributed by atoms with Crippen LogP contribution in [0.3, 0.4) is 0 Å². The lowest BCUT2D eigenvalue weighted by atomic mass is 10.1. The normalized spacial score (nSPS) is 10.5. The van der Waals surface area contributed by atoms with Crippen molar-refractivity contribution < 1.29 is 4.79 Å². The second-order valence-electron chi connectivity index (χ2n) is 4.45. The molecule has 2 aromatic rings. The van der Waals surface area contributed by atoms with Gasteiger partial charge in [-0.3, -0.25) is 9.78 Å². The number of thiophene rings is 1. The number of nitrogens with zero attached hydrogens (tertiary/aromatic N) is 2. The summed E-state index contributed by atoms with van der Waals surface area (Å²) < 4.78 is 1.09. The van der Waals surface area contributed by atoms with E-state index in [0.29, 0.717) is 13.0 Å². The molecule has 5 heteroatoms. The predicted molar refractivity (Wildman–Crippen MR) is 81.2 cm³/mol. The van der Waals surface area contributed by atoms with Crippen LogP contribution in [0.4, 0.5) is 0 Å². The van der Waals surface area contributed by atoms with Crippen LogP contribution in [0.5, 0.6) is 0 Å². The first kappa shape index (κ1) is 14.2. The van der Waals surface area contributed by atoms with E-state index in [9.17, 15) is 4.79 Å². The van der Waals surface area contributed by atoms with Crippen molar-refractivity contribution in [1.82, 2.24) is 9.88 Å². The Hall–Kier alpha value is -1.20. The molecule has 0 aromatic carbocycles. The number of aryl methyl sites for hydroxylation is 1. The molecule has 0 saturated heterocycles. The fourth-order valence-corrected chi connectivity index (χ4v) is 2.97. The van der Waals surface area contributed by atoms with Crippen molar-refractivity contribution in [2.24, 2.45) is 0 Å². The summed E-state index contributed by atoms with van der Waals surface area (Å²) in [7, 11) is 1.83. The second-order valence-corrected chi connectivity index (χ2v) is 6.74. The van der Waals surface area contributed by atoms with E-state index in [-0.39, 0.29) is 5.91 Å². The lowest BCUT2D eigenvalue weighted by Crippen LogP contribution is -2.28. The monoisotopic (exact) mass is 338 g/mol. The van der Waals surface area contributed by atoms with Crippen LogP contribution >= 0.6 is 27.3 Å². The Kier molecular flexibility index (Phi) is 4.71. The number of halogens is 1. The Labute approximate surface area is 125 Å². The highest BCUT2D eigenvalue weighted by Crippen LogP contribution is 2.21. The minimum absolute atomic E-state index is 0.0872. The molecule has 1 amide bonds. The molecule has 0 radical (unpaired) electrons. The number of aromatic nitrogens is 1. The highest BCUT2D eigenvalue weighted by atomic mass is 79.9. The van der Waals surface area contributed by atoms with Gasteiger partial charge in [0.1, 0.15) is 0 Å². The molecule has 0 aliphatic carbocycles. The van der Waals surface area contributed by atoms with Crippen molar-refractivity contribution in [3.05, 3.63) is 50.4 Å². The largest absolute Gasteiger partial charge is 0.341 e. The predicted octanol–water partition coefficient (Wildman–Crippen LogP) is 3.42. The maximum atomic E-state index is 12.2. The van der Waals surface area contributed by atoms with Gasteiger partial charge in [0.25, 0.3) is 0 Å². The topological polar surface area (TPSA) is 33.2 Å². The Bertz CT molecular complexity index is 582. The summed E-state index contributed by atoms with van der Waals surface area (Å²) in [6.07, 6.45) is 2.08. The number of hydrogen-bond donors (Lipinski definition) is 0. The molecule has 0 N–H and O–H groups in total. The maximum Gasteiger partial charge on any atom is 0.228 e. The Morgan fingerprint density at radius 2 is 2.32 bits per heavy atom.